The van der Waals surface area contributed by atoms with Gasteiger partial charge < -0.3 is 9.47 Å². The van der Waals surface area contributed by atoms with Gasteiger partial charge in [-0.05, 0) is 86.4 Å². The number of carbonyl (C=O) groups is 3. The number of hydrogen-bond acceptors (Lipinski definition) is 5. The number of ether oxygens (including phenoxy) is 2. The van der Waals surface area contributed by atoms with Gasteiger partial charge in [0.2, 0.25) is 0 Å². The van der Waals surface area contributed by atoms with E-state index in [0.717, 1.165) is 44.9 Å². The lowest BCUT2D eigenvalue weighted by Crippen LogP contribution is -2.60. The number of carbonyl (C=O) groups excluding carboxylic acids is 3. The topological polar surface area (TPSA) is 69.7 Å². The van der Waals surface area contributed by atoms with E-state index in [1.54, 1.807) is 6.92 Å². The zero-order valence-electron chi connectivity index (χ0n) is 20.3. The van der Waals surface area contributed by atoms with Gasteiger partial charge in [0, 0.05) is 11.8 Å². The number of Topliss-reactive ketones (excluding diaryl/α,β-unsaturated/α-hetero) is 1. The number of halogens is 2. The molecule has 0 radical (unpaired) electrons. The average Bonchev–Trinajstić information content (AvgIpc) is 3.03. The first-order valence-electron chi connectivity index (χ1n) is 12.6. The predicted octanol–water partition coefficient (Wildman–Crippen LogP) is 5.39. The van der Waals surface area contributed by atoms with E-state index in [0.29, 0.717) is 23.7 Å². The molecule has 0 aromatic carbocycles. The molecular formula is C26H38Cl2O5. The maximum Gasteiger partial charge on any atom is 0.321 e. The van der Waals surface area contributed by atoms with E-state index in [-0.39, 0.29) is 64.4 Å². The third-order valence-corrected chi connectivity index (χ3v) is 10.5. The van der Waals surface area contributed by atoms with Gasteiger partial charge in [-0.15, -0.1) is 23.2 Å². The summed E-state index contributed by atoms with van der Waals surface area (Å²) in [6.45, 7) is 8.57. The lowest BCUT2D eigenvalue weighted by Gasteiger charge is -2.62. The van der Waals surface area contributed by atoms with E-state index in [9.17, 15) is 14.4 Å². The van der Waals surface area contributed by atoms with Crippen LogP contribution in [0.3, 0.4) is 0 Å². The first kappa shape index (κ1) is 25.3. The second kappa shape index (κ2) is 9.33. The minimum Gasteiger partial charge on any atom is -0.461 e. The van der Waals surface area contributed by atoms with Gasteiger partial charge >= 0.3 is 11.9 Å². The quantitative estimate of drug-likeness (QED) is 0.373. The van der Waals surface area contributed by atoms with Gasteiger partial charge in [0.25, 0.3) is 0 Å². The summed E-state index contributed by atoms with van der Waals surface area (Å²) in [7, 11) is 0. The molecule has 4 aliphatic carbocycles. The fourth-order valence-corrected chi connectivity index (χ4v) is 9.30. The van der Waals surface area contributed by atoms with Crippen molar-refractivity contribution in [3.63, 3.8) is 0 Å². The van der Waals surface area contributed by atoms with Crippen LogP contribution in [0.5, 0.6) is 0 Å². The molecule has 0 amide bonds. The van der Waals surface area contributed by atoms with E-state index in [1.165, 1.54) is 0 Å². The van der Waals surface area contributed by atoms with Crippen molar-refractivity contribution in [2.45, 2.75) is 84.8 Å². The van der Waals surface area contributed by atoms with Crippen molar-refractivity contribution < 1.29 is 23.9 Å². The lowest BCUT2D eigenvalue weighted by molar-refractivity contribution is -0.200. The Balaban J connectivity index is 1.66. The van der Waals surface area contributed by atoms with Crippen molar-refractivity contribution in [2.24, 2.45) is 46.3 Å². The lowest BCUT2D eigenvalue weighted by atomic mass is 9.43. The highest BCUT2D eigenvalue weighted by molar-refractivity contribution is 6.26. The second-order valence-corrected chi connectivity index (χ2v) is 12.3. The van der Waals surface area contributed by atoms with Gasteiger partial charge in [0.1, 0.15) is 29.8 Å². The highest BCUT2D eigenvalue weighted by Crippen LogP contribution is 2.69. The van der Waals surface area contributed by atoms with E-state index in [2.05, 4.69) is 20.8 Å². The summed E-state index contributed by atoms with van der Waals surface area (Å²) in [5, 5.41) is 0. The Labute approximate surface area is 207 Å². The zero-order chi connectivity index (χ0) is 24.1. The molecule has 4 fully saturated rings. The molecule has 186 valence electrons. The third kappa shape index (κ3) is 4.24. The Morgan fingerprint density at radius 1 is 0.939 bits per heavy atom. The summed E-state index contributed by atoms with van der Waals surface area (Å²) in [4.78, 5) is 36.9. The number of fused-ring (bicyclic) bond motifs is 5. The van der Waals surface area contributed by atoms with Crippen LogP contribution in [0.1, 0.15) is 72.6 Å². The van der Waals surface area contributed by atoms with Gasteiger partial charge in [0.05, 0.1) is 0 Å². The number of ketones is 1. The van der Waals surface area contributed by atoms with Crippen LogP contribution in [0.4, 0.5) is 0 Å². The van der Waals surface area contributed by atoms with Crippen LogP contribution >= 0.6 is 23.2 Å². The maximum atomic E-state index is 12.7. The monoisotopic (exact) mass is 500 g/mol. The fourth-order valence-electron chi connectivity index (χ4n) is 9.17. The number of rotatable bonds is 5. The molecule has 7 heteroatoms. The highest BCUT2D eigenvalue weighted by atomic mass is 35.5. The van der Waals surface area contributed by atoms with Gasteiger partial charge in [-0.2, -0.15) is 0 Å². The van der Waals surface area contributed by atoms with Crippen molar-refractivity contribution in [3.05, 3.63) is 0 Å². The van der Waals surface area contributed by atoms with Crippen LogP contribution in [0.25, 0.3) is 0 Å². The average molecular weight is 501 g/mol. The number of alkyl halides is 2. The summed E-state index contributed by atoms with van der Waals surface area (Å²) in [5.41, 5.74) is -0.150. The largest absolute Gasteiger partial charge is 0.461 e. The summed E-state index contributed by atoms with van der Waals surface area (Å²) >= 11 is 11.5. The smallest absolute Gasteiger partial charge is 0.321 e. The van der Waals surface area contributed by atoms with E-state index in [1.807, 2.05) is 0 Å². The molecule has 4 rings (SSSR count). The van der Waals surface area contributed by atoms with Crippen LogP contribution in [-0.2, 0) is 23.9 Å². The SMILES string of the molecule is CC(=O)[C@H]1[C@H](C)C[C@H]2[C@@H]3CC[C@H]4C[C@H](OC(=O)CCl)CC[C@]4(C)[C@H]3[C@@H](OC(=O)CCl)C[C@@]21C. The molecule has 0 spiro atoms. The molecule has 0 aliphatic heterocycles. The zero-order valence-corrected chi connectivity index (χ0v) is 21.8. The molecular weight excluding hydrogens is 463 g/mol. The van der Waals surface area contributed by atoms with E-state index in [4.69, 9.17) is 32.7 Å². The number of hydrogen-bond donors (Lipinski definition) is 0. The molecule has 0 aromatic rings. The van der Waals surface area contributed by atoms with Crippen LogP contribution in [0, 0.1) is 46.3 Å². The molecule has 4 saturated carbocycles. The number of esters is 2. The molecule has 0 bridgehead atoms. The van der Waals surface area contributed by atoms with Gasteiger partial charge in [-0.25, -0.2) is 0 Å². The Kier molecular flexibility index (Phi) is 7.15. The summed E-state index contributed by atoms with van der Waals surface area (Å²) in [6.07, 6.45) is 6.20. The molecule has 0 saturated heterocycles. The molecule has 0 heterocycles. The van der Waals surface area contributed by atoms with E-state index >= 15 is 0 Å². The van der Waals surface area contributed by atoms with Crippen LogP contribution in [0.2, 0.25) is 0 Å². The Hall–Kier alpha value is -0.810. The minimum absolute atomic E-state index is 0.00290. The molecule has 4 aliphatic rings. The molecule has 0 aromatic heterocycles. The van der Waals surface area contributed by atoms with Crippen LogP contribution in [-0.4, -0.2) is 41.7 Å². The van der Waals surface area contributed by atoms with Gasteiger partial charge in [-0.1, -0.05) is 20.8 Å². The molecule has 33 heavy (non-hydrogen) atoms. The summed E-state index contributed by atoms with van der Waals surface area (Å²) < 4.78 is 11.7. The Morgan fingerprint density at radius 3 is 2.24 bits per heavy atom. The molecule has 0 unspecified atom stereocenters. The predicted molar refractivity (Wildman–Crippen MR) is 127 cm³/mol. The van der Waals surface area contributed by atoms with Crippen molar-refractivity contribution >= 4 is 40.9 Å². The van der Waals surface area contributed by atoms with Gasteiger partial charge in [-0.3, -0.25) is 14.4 Å². The maximum absolute atomic E-state index is 12.7. The Bertz CT molecular complexity index is 802. The first-order chi connectivity index (χ1) is 15.5. The van der Waals surface area contributed by atoms with E-state index < -0.39 is 0 Å². The Morgan fingerprint density at radius 2 is 1.61 bits per heavy atom. The summed E-state index contributed by atoms with van der Waals surface area (Å²) in [6, 6.07) is 0. The second-order valence-electron chi connectivity index (χ2n) is 11.8. The van der Waals surface area contributed by atoms with Crippen LogP contribution < -0.4 is 0 Å². The first-order valence-corrected chi connectivity index (χ1v) is 13.6. The molecule has 0 N–H and O–H groups in total. The minimum atomic E-state index is -0.372. The normalized spacial score (nSPS) is 46.5. The third-order valence-electron chi connectivity index (χ3n) is 10.1. The van der Waals surface area contributed by atoms with Crippen molar-refractivity contribution in [1.29, 1.82) is 0 Å². The van der Waals surface area contributed by atoms with Crippen LogP contribution in [0.15, 0.2) is 0 Å². The van der Waals surface area contributed by atoms with Crippen molar-refractivity contribution in [3.8, 4) is 0 Å². The highest BCUT2D eigenvalue weighted by Gasteiger charge is 2.66. The fraction of sp³-hybridized carbons (Fsp3) is 0.885. The molecule has 10 atom stereocenters. The van der Waals surface area contributed by atoms with Crippen molar-refractivity contribution in [2.75, 3.05) is 11.8 Å². The van der Waals surface area contributed by atoms with Crippen molar-refractivity contribution in [1.82, 2.24) is 0 Å². The molecule has 5 nitrogen and oxygen atoms in total. The summed E-state index contributed by atoms with van der Waals surface area (Å²) in [5.74, 6) is 1.15. The standard InChI is InChI=1S/C26H38Cl2O5/c1-14-9-19-18-6-5-16-10-17(32-21(30)12-27)7-8-25(16,3)24(18)20(33-22(31)13-28)11-26(19,4)23(14)15(2)29/h14,16-20,23-24H,5-13H2,1-4H3/t14-,16+,17-,18+,19+,20+,23-,24-,25+,26+/m1/s1. The van der Waals surface area contributed by atoms with Gasteiger partial charge in [0.15, 0.2) is 0 Å².